The summed E-state index contributed by atoms with van der Waals surface area (Å²) in [5.74, 6) is 0.967. The minimum absolute atomic E-state index is 0.0203. The zero-order chi connectivity index (χ0) is 19.0. The molecule has 2 aliphatic heterocycles. The standard InChI is InChI=1S/C22H24N2O3/c1-3-27-17-10-8-16(9-11-17)22(26)23-13-20-19-7-5-4-6-18(19)15(2)12-24(20)21(25)14-23/h4-11,15,20H,3,12-14H2,1-2H3. The molecule has 2 amide bonds. The summed E-state index contributed by atoms with van der Waals surface area (Å²) in [5.41, 5.74) is 3.02. The number of nitrogens with zero attached hydrogens (tertiary/aromatic N) is 2. The van der Waals surface area contributed by atoms with Crippen molar-refractivity contribution in [2.24, 2.45) is 0 Å². The van der Waals surface area contributed by atoms with Crippen LogP contribution in [0.5, 0.6) is 5.75 Å². The van der Waals surface area contributed by atoms with Crippen LogP contribution in [0.15, 0.2) is 48.5 Å². The number of benzene rings is 2. The summed E-state index contributed by atoms with van der Waals surface area (Å²) >= 11 is 0. The predicted octanol–water partition coefficient (Wildman–Crippen LogP) is 3.23. The molecule has 1 saturated heterocycles. The molecule has 5 heteroatoms. The summed E-state index contributed by atoms with van der Waals surface area (Å²) in [5, 5.41) is 0. The molecular weight excluding hydrogens is 340 g/mol. The number of fused-ring (bicyclic) bond motifs is 3. The number of piperazine rings is 1. The first-order valence-electron chi connectivity index (χ1n) is 9.49. The van der Waals surface area contributed by atoms with Gasteiger partial charge in [0.2, 0.25) is 5.91 Å². The molecule has 0 aliphatic carbocycles. The summed E-state index contributed by atoms with van der Waals surface area (Å²) < 4.78 is 5.44. The van der Waals surface area contributed by atoms with Gasteiger partial charge in [0.25, 0.3) is 5.91 Å². The normalized spacial score (nSPS) is 21.5. The van der Waals surface area contributed by atoms with Gasteiger partial charge in [-0.1, -0.05) is 31.2 Å². The minimum Gasteiger partial charge on any atom is -0.494 e. The first-order chi connectivity index (χ1) is 13.1. The summed E-state index contributed by atoms with van der Waals surface area (Å²) in [4.78, 5) is 29.4. The largest absolute Gasteiger partial charge is 0.494 e. The van der Waals surface area contributed by atoms with E-state index in [4.69, 9.17) is 4.74 Å². The molecule has 4 rings (SSSR count). The van der Waals surface area contributed by atoms with Crippen molar-refractivity contribution in [2.45, 2.75) is 25.8 Å². The van der Waals surface area contributed by atoms with E-state index in [0.717, 1.165) is 11.3 Å². The summed E-state index contributed by atoms with van der Waals surface area (Å²) in [6.45, 7) is 6.04. The van der Waals surface area contributed by atoms with Gasteiger partial charge in [0, 0.05) is 18.7 Å². The first kappa shape index (κ1) is 17.6. The van der Waals surface area contributed by atoms with Gasteiger partial charge in [-0.3, -0.25) is 9.59 Å². The van der Waals surface area contributed by atoms with E-state index in [9.17, 15) is 9.59 Å². The Kier molecular flexibility index (Phi) is 4.60. The van der Waals surface area contributed by atoms with Gasteiger partial charge < -0.3 is 14.5 Å². The molecule has 2 unspecified atom stereocenters. The number of ether oxygens (including phenoxy) is 1. The molecule has 2 aliphatic rings. The number of rotatable bonds is 3. The molecular formula is C22H24N2O3. The fourth-order valence-corrected chi connectivity index (χ4v) is 4.15. The van der Waals surface area contributed by atoms with Crippen molar-refractivity contribution in [1.29, 1.82) is 0 Å². The summed E-state index contributed by atoms with van der Waals surface area (Å²) in [6.07, 6.45) is 0. The Hall–Kier alpha value is -2.82. The van der Waals surface area contributed by atoms with Crippen LogP contribution in [0.2, 0.25) is 0 Å². The van der Waals surface area contributed by atoms with Crippen LogP contribution in [0.3, 0.4) is 0 Å². The Morgan fingerprint density at radius 1 is 1.07 bits per heavy atom. The molecule has 2 heterocycles. The molecule has 2 aromatic carbocycles. The fraction of sp³-hybridized carbons (Fsp3) is 0.364. The van der Waals surface area contributed by atoms with Gasteiger partial charge in [0.15, 0.2) is 0 Å². The maximum absolute atomic E-state index is 13.0. The van der Waals surface area contributed by atoms with Crippen LogP contribution in [0.25, 0.3) is 0 Å². The Bertz CT molecular complexity index is 862. The van der Waals surface area contributed by atoms with E-state index in [1.165, 1.54) is 5.56 Å². The third kappa shape index (κ3) is 3.18. The van der Waals surface area contributed by atoms with E-state index in [1.807, 2.05) is 24.0 Å². The van der Waals surface area contributed by atoms with E-state index >= 15 is 0 Å². The Labute approximate surface area is 159 Å². The third-order valence-corrected chi connectivity index (χ3v) is 5.47. The average molecular weight is 364 g/mol. The van der Waals surface area contributed by atoms with Crippen LogP contribution in [0.1, 0.15) is 47.3 Å². The Morgan fingerprint density at radius 3 is 2.48 bits per heavy atom. The van der Waals surface area contributed by atoms with Crippen LogP contribution < -0.4 is 4.74 Å². The Balaban J connectivity index is 1.59. The number of amides is 2. The van der Waals surface area contributed by atoms with Gasteiger partial charge in [0.05, 0.1) is 12.6 Å². The highest BCUT2D eigenvalue weighted by molar-refractivity contribution is 5.97. The molecule has 2 aromatic rings. The lowest BCUT2D eigenvalue weighted by Gasteiger charge is -2.46. The third-order valence-electron chi connectivity index (χ3n) is 5.47. The highest BCUT2D eigenvalue weighted by Gasteiger charge is 2.40. The minimum atomic E-state index is -0.109. The molecule has 0 spiro atoms. The predicted molar refractivity (Wildman–Crippen MR) is 103 cm³/mol. The zero-order valence-corrected chi connectivity index (χ0v) is 15.7. The zero-order valence-electron chi connectivity index (χ0n) is 15.7. The van der Waals surface area contributed by atoms with Crippen LogP contribution in [-0.4, -0.2) is 47.9 Å². The lowest BCUT2D eigenvalue weighted by Crippen LogP contribution is -2.56. The van der Waals surface area contributed by atoms with Gasteiger partial charge >= 0.3 is 0 Å². The lowest BCUT2D eigenvalue weighted by molar-refractivity contribution is -0.139. The fourth-order valence-electron chi connectivity index (χ4n) is 4.15. The van der Waals surface area contributed by atoms with E-state index < -0.39 is 0 Å². The van der Waals surface area contributed by atoms with Gasteiger partial charge in [-0.25, -0.2) is 0 Å². The van der Waals surface area contributed by atoms with E-state index in [0.29, 0.717) is 31.2 Å². The van der Waals surface area contributed by atoms with Gasteiger partial charge in [0.1, 0.15) is 12.3 Å². The molecule has 5 nitrogen and oxygen atoms in total. The number of carbonyl (C=O) groups is 2. The van der Waals surface area contributed by atoms with E-state index in [1.54, 1.807) is 29.2 Å². The number of hydrogen-bond donors (Lipinski definition) is 0. The van der Waals surface area contributed by atoms with Crippen molar-refractivity contribution >= 4 is 11.8 Å². The molecule has 1 fully saturated rings. The second kappa shape index (κ2) is 7.06. The topological polar surface area (TPSA) is 49.9 Å². The van der Waals surface area contributed by atoms with Crippen molar-refractivity contribution in [2.75, 3.05) is 26.2 Å². The first-order valence-corrected chi connectivity index (χ1v) is 9.49. The van der Waals surface area contributed by atoms with Gasteiger partial charge in [-0.15, -0.1) is 0 Å². The number of hydrogen-bond acceptors (Lipinski definition) is 3. The highest BCUT2D eigenvalue weighted by atomic mass is 16.5. The monoisotopic (exact) mass is 364 g/mol. The van der Waals surface area contributed by atoms with Crippen molar-refractivity contribution in [1.82, 2.24) is 9.80 Å². The summed E-state index contributed by atoms with van der Waals surface area (Å²) in [6, 6.07) is 15.3. The number of carbonyl (C=O) groups excluding carboxylic acids is 2. The molecule has 0 aromatic heterocycles. The van der Waals surface area contributed by atoms with E-state index in [-0.39, 0.29) is 24.4 Å². The highest BCUT2D eigenvalue weighted by Crippen LogP contribution is 2.38. The molecule has 0 N–H and O–H groups in total. The Morgan fingerprint density at radius 2 is 1.78 bits per heavy atom. The second-order valence-electron chi connectivity index (χ2n) is 7.23. The second-order valence-corrected chi connectivity index (χ2v) is 7.23. The SMILES string of the molecule is CCOc1ccc(C(=O)N2CC(=O)N3CC(C)c4ccccc4C3C2)cc1. The van der Waals surface area contributed by atoms with Crippen LogP contribution >= 0.6 is 0 Å². The quantitative estimate of drug-likeness (QED) is 0.840. The van der Waals surface area contributed by atoms with Crippen molar-refractivity contribution in [3.63, 3.8) is 0 Å². The van der Waals surface area contributed by atoms with Crippen LogP contribution in [-0.2, 0) is 4.79 Å². The smallest absolute Gasteiger partial charge is 0.254 e. The van der Waals surface area contributed by atoms with Crippen LogP contribution in [0.4, 0.5) is 0 Å². The maximum atomic E-state index is 13.0. The van der Waals surface area contributed by atoms with Crippen molar-refractivity contribution in [3.05, 3.63) is 65.2 Å². The molecule has 0 radical (unpaired) electrons. The molecule has 140 valence electrons. The van der Waals surface area contributed by atoms with E-state index in [2.05, 4.69) is 19.1 Å². The molecule has 0 bridgehead atoms. The summed E-state index contributed by atoms with van der Waals surface area (Å²) in [7, 11) is 0. The van der Waals surface area contributed by atoms with Crippen molar-refractivity contribution < 1.29 is 14.3 Å². The lowest BCUT2D eigenvalue weighted by atomic mass is 9.85. The maximum Gasteiger partial charge on any atom is 0.254 e. The molecule has 0 saturated carbocycles. The van der Waals surface area contributed by atoms with Crippen LogP contribution in [0, 0.1) is 0 Å². The average Bonchev–Trinajstić information content (AvgIpc) is 2.69. The van der Waals surface area contributed by atoms with Crippen molar-refractivity contribution in [3.8, 4) is 5.75 Å². The van der Waals surface area contributed by atoms with Gasteiger partial charge in [-0.05, 0) is 48.2 Å². The van der Waals surface area contributed by atoms with Gasteiger partial charge in [-0.2, -0.15) is 0 Å². The molecule has 27 heavy (non-hydrogen) atoms. The molecule has 2 atom stereocenters.